The zero-order valence-electron chi connectivity index (χ0n) is 11.9. The fourth-order valence-corrected chi connectivity index (χ4v) is 2.10. The van der Waals surface area contributed by atoms with Crippen molar-refractivity contribution in [2.75, 3.05) is 26.8 Å². The molecule has 0 radical (unpaired) electrons. The Morgan fingerprint density at radius 3 is 2.12 bits per heavy atom. The lowest BCUT2D eigenvalue weighted by Gasteiger charge is -2.37. The van der Waals surface area contributed by atoms with Gasteiger partial charge in [0.25, 0.3) is 0 Å². The molecule has 98 valence electrons. The fraction of sp³-hybridized carbons (Fsp3) is 1.00. The molecule has 1 unspecified atom stereocenters. The number of ether oxygens (including phenoxy) is 1. The first-order valence-electron chi connectivity index (χ1n) is 6.26. The van der Waals surface area contributed by atoms with Crippen LogP contribution in [0, 0.1) is 5.41 Å². The maximum absolute atomic E-state index is 5.91. The maximum Gasteiger partial charge on any atom is 0.0589 e. The molecule has 0 bridgehead atoms. The van der Waals surface area contributed by atoms with Crippen LogP contribution in [0.2, 0.25) is 0 Å². The van der Waals surface area contributed by atoms with Crippen molar-refractivity contribution in [3.63, 3.8) is 0 Å². The Morgan fingerprint density at radius 2 is 1.81 bits per heavy atom. The summed E-state index contributed by atoms with van der Waals surface area (Å²) in [5, 5.41) is 0. The Labute approximate surface area is 101 Å². The van der Waals surface area contributed by atoms with Crippen LogP contribution in [0.3, 0.4) is 0 Å². The first kappa shape index (κ1) is 15.9. The Balaban J connectivity index is 4.45. The van der Waals surface area contributed by atoms with Crippen LogP contribution >= 0.6 is 0 Å². The molecule has 0 aromatic carbocycles. The van der Waals surface area contributed by atoms with Crippen LogP contribution in [0.15, 0.2) is 0 Å². The summed E-state index contributed by atoms with van der Waals surface area (Å²) < 4.78 is 5.16. The van der Waals surface area contributed by atoms with Gasteiger partial charge < -0.3 is 10.5 Å². The van der Waals surface area contributed by atoms with Crippen molar-refractivity contribution in [3.05, 3.63) is 0 Å². The molecule has 0 aromatic heterocycles. The largest absolute Gasteiger partial charge is 0.383 e. The predicted molar refractivity (Wildman–Crippen MR) is 70.6 cm³/mol. The van der Waals surface area contributed by atoms with Gasteiger partial charge >= 0.3 is 0 Å². The normalized spacial score (nSPS) is 14.8. The Kier molecular flexibility index (Phi) is 7.20. The minimum atomic E-state index is 0.324. The van der Waals surface area contributed by atoms with Crippen molar-refractivity contribution in [2.45, 2.75) is 53.1 Å². The highest BCUT2D eigenvalue weighted by Crippen LogP contribution is 2.24. The van der Waals surface area contributed by atoms with Crippen LogP contribution < -0.4 is 5.73 Å². The standard InChI is InChI=1S/C13H30N2O/c1-11(2)15(7-8-16-6)12(10-14)9-13(3,4)5/h11-12H,7-10,14H2,1-6H3. The molecular formula is C13H30N2O. The van der Waals surface area contributed by atoms with Gasteiger partial charge in [0, 0.05) is 32.3 Å². The summed E-state index contributed by atoms with van der Waals surface area (Å²) in [5.74, 6) is 0. The van der Waals surface area contributed by atoms with Gasteiger partial charge in [-0.3, -0.25) is 4.90 Å². The van der Waals surface area contributed by atoms with E-state index in [1.165, 1.54) is 0 Å². The molecule has 0 amide bonds. The Hall–Kier alpha value is -0.120. The van der Waals surface area contributed by atoms with Crippen LogP contribution in [0.5, 0.6) is 0 Å². The number of nitrogens with two attached hydrogens (primary N) is 1. The molecule has 3 nitrogen and oxygen atoms in total. The van der Waals surface area contributed by atoms with Gasteiger partial charge in [-0.1, -0.05) is 20.8 Å². The molecule has 0 spiro atoms. The summed E-state index contributed by atoms with van der Waals surface area (Å²) in [7, 11) is 1.75. The van der Waals surface area contributed by atoms with Gasteiger partial charge in [-0.25, -0.2) is 0 Å². The van der Waals surface area contributed by atoms with E-state index in [0.29, 0.717) is 17.5 Å². The lowest BCUT2D eigenvalue weighted by molar-refractivity contribution is 0.0793. The molecule has 16 heavy (non-hydrogen) atoms. The van der Waals surface area contributed by atoms with Crippen LogP contribution in [0.4, 0.5) is 0 Å². The lowest BCUT2D eigenvalue weighted by Crippen LogP contribution is -2.47. The number of rotatable bonds is 7. The van der Waals surface area contributed by atoms with Crippen LogP contribution in [0.1, 0.15) is 41.0 Å². The Bertz CT molecular complexity index is 175. The molecule has 0 aliphatic heterocycles. The van der Waals surface area contributed by atoms with E-state index in [1.54, 1.807) is 7.11 Å². The molecule has 1 atom stereocenters. The van der Waals surface area contributed by atoms with E-state index in [0.717, 1.165) is 26.1 Å². The molecule has 0 rings (SSSR count). The predicted octanol–water partition coefficient (Wildman–Crippen LogP) is 2.11. The van der Waals surface area contributed by atoms with E-state index in [1.807, 2.05) is 0 Å². The van der Waals surface area contributed by atoms with E-state index in [-0.39, 0.29) is 0 Å². The summed E-state index contributed by atoms with van der Waals surface area (Å²) in [4.78, 5) is 2.45. The Morgan fingerprint density at radius 1 is 1.25 bits per heavy atom. The van der Waals surface area contributed by atoms with Crippen molar-refractivity contribution in [3.8, 4) is 0 Å². The summed E-state index contributed by atoms with van der Waals surface area (Å²) in [6.45, 7) is 13.7. The number of methoxy groups -OCH3 is 1. The highest BCUT2D eigenvalue weighted by atomic mass is 16.5. The van der Waals surface area contributed by atoms with Gasteiger partial charge in [0.1, 0.15) is 0 Å². The van der Waals surface area contributed by atoms with Gasteiger partial charge in [-0.15, -0.1) is 0 Å². The van der Waals surface area contributed by atoms with Crippen molar-refractivity contribution in [1.82, 2.24) is 4.90 Å². The van der Waals surface area contributed by atoms with Gasteiger partial charge in [0.15, 0.2) is 0 Å². The SMILES string of the molecule is COCCN(C(C)C)C(CN)CC(C)(C)C. The third-order valence-electron chi connectivity index (χ3n) is 2.81. The second kappa shape index (κ2) is 7.25. The van der Waals surface area contributed by atoms with E-state index in [4.69, 9.17) is 10.5 Å². The van der Waals surface area contributed by atoms with Crippen LogP contribution in [0.25, 0.3) is 0 Å². The van der Waals surface area contributed by atoms with E-state index < -0.39 is 0 Å². The third kappa shape index (κ3) is 6.46. The lowest BCUT2D eigenvalue weighted by atomic mass is 9.87. The summed E-state index contributed by atoms with van der Waals surface area (Å²) in [6.07, 6.45) is 1.13. The summed E-state index contributed by atoms with van der Waals surface area (Å²) in [6, 6.07) is 0.973. The first-order chi connectivity index (χ1) is 7.31. The molecule has 0 aliphatic carbocycles. The second-order valence-electron chi connectivity index (χ2n) is 5.98. The molecule has 0 aliphatic rings. The molecular weight excluding hydrogens is 200 g/mol. The molecule has 0 fully saturated rings. The highest BCUT2D eigenvalue weighted by Gasteiger charge is 2.24. The molecule has 0 saturated carbocycles. The van der Waals surface area contributed by atoms with E-state index >= 15 is 0 Å². The van der Waals surface area contributed by atoms with E-state index in [2.05, 4.69) is 39.5 Å². The van der Waals surface area contributed by atoms with Crippen molar-refractivity contribution in [2.24, 2.45) is 11.1 Å². The van der Waals surface area contributed by atoms with Crippen LogP contribution in [-0.2, 0) is 4.74 Å². The molecule has 0 heterocycles. The van der Waals surface area contributed by atoms with E-state index in [9.17, 15) is 0 Å². The van der Waals surface area contributed by atoms with Crippen molar-refractivity contribution >= 4 is 0 Å². The van der Waals surface area contributed by atoms with Gasteiger partial charge in [-0.2, -0.15) is 0 Å². The third-order valence-corrected chi connectivity index (χ3v) is 2.81. The average Bonchev–Trinajstić information content (AvgIpc) is 2.14. The highest BCUT2D eigenvalue weighted by molar-refractivity contribution is 4.80. The minimum absolute atomic E-state index is 0.324. The topological polar surface area (TPSA) is 38.5 Å². The van der Waals surface area contributed by atoms with Crippen LogP contribution in [-0.4, -0.2) is 43.8 Å². The minimum Gasteiger partial charge on any atom is -0.383 e. The zero-order chi connectivity index (χ0) is 12.8. The molecule has 3 heteroatoms. The first-order valence-corrected chi connectivity index (χ1v) is 6.26. The fourth-order valence-electron chi connectivity index (χ4n) is 2.10. The zero-order valence-corrected chi connectivity index (χ0v) is 11.9. The summed E-state index contributed by atoms with van der Waals surface area (Å²) >= 11 is 0. The smallest absolute Gasteiger partial charge is 0.0589 e. The van der Waals surface area contributed by atoms with Crippen molar-refractivity contribution < 1.29 is 4.74 Å². The molecule has 0 aromatic rings. The van der Waals surface area contributed by atoms with Crippen molar-refractivity contribution in [1.29, 1.82) is 0 Å². The monoisotopic (exact) mass is 230 g/mol. The number of hydrogen-bond acceptors (Lipinski definition) is 3. The van der Waals surface area contributed by atoms with Gasteiger partial charge in [-0.05, 0) is 25.7 Å². The van der Waals surface area contributed by atoms with Gasteiger partial charge in [0.05, 0.1) is 6.61 Å². The summed E-state index contributed by atoms with van der Waals surface area (Å²) in [5.41, 5.74) is 6.23. The second-order valence-corrected chi connectivity index (χ2v) is 5.98. The van der Waals surface area contributed by atoms with Gasteiger partial charge in [0.2, 0.25) is 0 Å². The molecule has 2 N–H and O–H groups in total. The average molecular weight is 230 g/mol. The number of hydrogen-bond donors (Lipinski definition) is 1. The number of nitrogens with zero attached hydrogens (tertiary/aromatic N) is 1. The quantitative estimate of drug-likeness (QED) is 0.728. The molecule has 0 saturated heterocycles. The maximum atomic E-state index is 5.91.